The Morgan fingerprint density at radius 2 is 1.81 bits per heavy atom. The van der Waals surface area contributed by atoms with Crippen molar-refractivity contribution in [1.82, 2.24) is 9.80 Å². The standard InChI is InChI=1S/C29H38N2O6/c1-6-8-9-17-37-23-14-13-20(19-24(23)35-5)26-25(28(33)29(34)31(26)16-15-30(3)4)27(32)21-11-10-12-22(18-21)36-7-2/h10-14,18-19,26,32H,6-9,15-17H2,1-5H3. The number of benzene rings is 2. The zero-order valence-corrected chi connectivity index (χ0v) is 22.5. The average Bonchev–Trinajstić information content (AvgIpc) is 3.14. The maximum absolute atomic E-state index is 13.3. The van der Waals surface area contributed by atoms with E-state index in [4.69, 9.17) is 14.2 Å². The van der Waals surface area contributed by atoms with Crippen LogP contribution in [-0.2, 0) is 9.59 Å². The van der Waals surface area contributed by atoms with Gasteiger partial charge in [0.25, 0.3) is 11.7 Å². The largest absolute Gasteiger partial charge is 0.507 e. The van der Waals surface area contributed by atoms with Crippen LogP contribution >= 0.6 is 0 Å². The molecule has 1 fully saturated rings. The molecule has 200 valence electrons. The number of carbonyl (C=O) groups excluding carboxylic acids is 2. The molecular formula is C29H38N2O6. The molecule has 2 aromatic carbocycles. The fourth-order valence-corrected chi connectivity index (χ4v) is 4.33. The number of methoxy groups -OCH3 is 1. The van der Waals surface area contributed by atoms with E-state index in [2.05, 4.69) is 6.92 Å². The van der Waals surface area contributed by atoms with Crippen LogP contribution in [0, 0.1) is 0 Å². The topological polar surface area (TPSA) is 88.5 Å². The first-order valence-electron chi connectivity index (χ1n) is 12.8. The lowest BCUT2D eigenvalue weighted by Crippen LogP contribution is -2.35. The molecule has 1 atom stereocenters. The number of ketones is 1. The van der Waals surface area contributed by atoms with Crippen molar-refractivity contribution in [2.45, 2.75) is 39.2 Å². The van der Waals surface area contributed by atoms with E-state index in [1.54, 1.807) is 43.5 Å². The Kier molecular flexibility index (Phi) is 9.97. The average molecular weight is 511 g/mol. The van der Waals surface area contributed by atoms with E-state index < -0.39 is 17.7 Å². The van der Waals surface area contributed by atoms with Gasteiger partial charge in [-0.1, -0.05) is 38.0 Å². The molecule has 1 saturated heterocycles. The molecule has 0 saturated carbocycles. The number of nitrogens with zero attached hydrogens (tertiary/aromatic N) is 2. The summed E-state index contributed by atoms with van der Waals surface area (Å²) in [6, 6.07) is 11.5. The van der Waals surface area contributed by atoms with E-state index in [9.17, 15) is 14.7 Å². The quantitative estimate of drug-likeness (QED) is 0.182. The third-order valence-corrected chi connectivity index (χ3v) is 6.26. The Balaban J connectivity index is 2.08. The highest BCUT2D eigenvalue weighted by Gasteiger charge is 2.46. The fourth-order valence-electron chi connectivity index (χ4n) is 4.33. The third kappa shape index (κ3) is 6.63. The maximum Gasteiger partial charge on any atom is 0.295 e. The lowest BCUT2D eigenvalue weighted by molar-refractivity contribution is -0.140. The van der Waals surface area contributed by atoms with Crippen molar-refractivity contribution in [3.63, 3.8) is 0 Å². The van der Waals surface area contributed by atoms with Gasteiger partial charge >= 0.3 is 0 Å². The fraction of sp³-hybridized carbons (Fsp3) is 0.448. The molecule has 8 nitrogen and oxygen atoms in total. The predicted octanol–water partition coefficient (Wildman–Crippen LogP) is 4.65. The Labute approximate surface area is 219 Å². The van der Waals surface area contributed by atoms with Gasteiger partial charge in [0.2, 0.25) is 0 Å². The summed E-state index contributed by atoms with van der Waals surface area (Å²) < 4.78 is 17.1. The Morgan fingerprint density at radius 3 is 2.49 bits per heavy atom. The van der Waals surface area contributed by atoms with Crippen molar-refractivity contribution >= 4 is 17.4 Å². The predicted molar refractivity (Wildman–Crippen MR) is 143 cm³/mol. The number of likely N-dealkylation sites (tertiary alicyclic amines) is 1. The molecule has 0 aliphatic carbocycles. The molecule has 1 amide bonds. The summed E-state index contributed by atoms with van der Waals surface area (Å²) in [6.07, 6.45) is 3.11. The van der Waals surface area contributed by atoms with Gasteiger partial charge in [-0.05, 0) is 57.3 Å². The van der Waals surface area contributed by atoms with Gasteiger partial charge in [-0.2, -0.15) is 0 Å². The Hall–Kier alpha value is -3.52. The van der Waals surface area contributed by atoms with Crippen LogP contribution in [-0.4, -0.2) is 74.1 Å². The first-order chi connectivity index (χ1) is 17.8. The second kappa shape index (κ2) is 13.1. The highest BCUT2D eigenvalue weighted by atomic mass is 16.5. The minimum Gasteiger partial charge on any atom is -0.507 e. The summed E-state index contributed by atoms with van der Waals surface area (Å²) in [5.74, 6) is 0.0602. The molecule has 2 aromatic rings. The van der Waals surface area contributed by atoms with Gasteiger partial charge in [0, 0.05) is 18.7 Å². The van der Waals surface area contributed by atoms with Crippen LogP contribution < -0.4 is 14.2 Å². The normalized spacial score (nSPS) is 16.9. The van der Waals surface area contributed by atoms with Crippen LogP contribution in [0.15, 0.2) is 48.0 Å². The van der Waals surface area contributed by atoms with Gasteiger partial charge in [0.1, 0.15) is 11.5 Å². The van der Waals surface area contributed by atoms with Crippen molar-refractivity contribution in [2.75, 3.05) is 47.5 Å². The number of carbonyl (C=O) groups is 2. The van der Waals surface area contributed by atoms with Crippen molar-refractivity contribution in [2.24, 2.45) is 0 Å². The molecule has 0 radical (unpaired) electrons. The molecule has 1 aliphatic rings. The van der Waals surface area contributed by atoms with Crippen LogP contribution in [0.1, 0.15) is 50.3 Å². The van der Waals surface area contributed by atoms with Gasteiger partial charge in [-0.15, -0.1) is 0 Å². The molecule has 1 N–H and O–H groups in total. The summed E-state index contributed by atoms with van der Waals surface area (Å²) >= 11 is 0. The highest BCUT2D eigenvalue weighted by Crippen LogP contribution is 2.42. The lowest BCUT2D eigenvalue weighted by Gasteiger charge is -2.27. The van der Waals surface area contributed by atoms with Crippen LogP contribution in [0.5, 0.6) is 17.2 Å². The third-order valence-electron chi connectivity index (χ3n) is 6.26. The Morgan fingerprint density at radius 1 is 1.03 bits per heavy atom. The van der Waals surface area contributed by atoms with Crippen molar-refractivity contribution < 1.29 is 28.9 Å². The first-order valence-corrected chi connectivity index (χ1v) is 12.8. The number of ether oxygens (including phenoxy) is 3. The van der Waals surface area contributed by atoms with E-state index in [0.717, 1.165) is 19.3 Å². The highest BCUT2D eigenvalue weighted by molar-refractivity contribution is 6.46. The number of unbranched alkanes of at least 4 members (excludes halogenated alkanes) is 2. The van der Waals surface area contributed by atoms with Gasteiger partial charge in [-0.25, -0.2) is 0 Å². The van der Waals surface area contributed by atoms with Crippen molar-refractivity contribution in [3.05, 3.63) is 59.2 Å². The minimum absolute atomic E-state index is 0.0380. The molecule has 1 heterocycles. The number of hydrogen-bond acceptors (Lipinski definition) is 7. The van der Waals surface area contributed by atoms with Crippen LogP contribution in [0.25, 0.3) is 5.76 Å². The van der Waals surface area contributed by atoms with Gasteiger partial charge < -0.3 is 29.1 Å². The summed E-state index contributed by atoms with van der Waals surface area (Å²) in [6.45, 7) is 5.91. The number of aliphatic hydroxyl groups excluding tert-OH is 1. The molecular weight excluding hydrogens is 472 g/mol. The maximum atomic E-state index is 13.3. The van der Waals surface area contributed by atoms with Crippen molar-refractivity contribution in [1.29, 1.82) is 0 Å². The summed E-state index contributed by atoms with van der Waals surface area (Å²) in [5, 5.41) is 11.3. The molecule has 3 rings (SSSR count). The molecule has 0 aromatic heterocycles. The smallest absolute Gasteiger partial charge is 0.295 e. The molecule has 1 aliphatic heterocycles. The van der Waals surface area contributed by atoms with Crippen LogP contribution in [0.4, 0.5) is 0 Å². The summed E-state index contributed by atoms with van der Waals surface area (Å²) in [5.41, 5.74) is 1.10. The Bertz CT molecular complexity index is 1130. The molecule has 0 spiro atoms. The molecule has 0 bridgehead atoms. The second-order valence-corrected chi connectivity index (χ2v) is 9.22. The van der Waals surface area contributed by atoms with Crippen LogP contribution in [0.2, 0.25) is 0 Å². The number of likely N-dealkylation sites (N-methyl/N-ethyl adjacent to an activating group) is 1. The molecule has 8 heteroatoms. The number of aliphatic hydroxyl groups is 1. The number of hydrogen-bond donors (Lipinski definition) is 1. The lowest BCUT2D eigenvalue weighted by atomic mass is 9.95. The van der Waals surface area contributed by atoms with Crippen molar-refractivity contribution in [3.8, 4) is 17.2 Å². The summed E-state index contributed by atoms with van der Waals surface area (Å²) in [4.78, 5) is 29.9. The van der Waals surface area contributed by atoms with Crippen LogP contribution in [0.3, 0.4) is 0 Å². The monoisotopic (exact) mass is 510 g/mol. The SMILES string of the molecule is CCCCCOc1ccc(C2C(=C(O)c3cccc(OCC)c3)C(=O)C(=O)N2CCN(C)C)cc1OC. The zero-order valence-electron chi connectivity index (χ0n) is 22.5. The molecule has 37 heavy (non-hydrogen) atoms. The van der Waals surface area contributed by atoms with E-state index in [0.29, 0.717) is 54.7 Å². The minimum atomic E-state index is -0.779. The first kappa shape index (κ1) is 28.1. The summed E-state index contributed by atoms with van der Waals surface area (Å²) in [7, 11) is 5.36. The van der Waals surface area contributed by atoms with E-state index in [-0.39, 0.29) is 11.3 Å². The van der Waals surface area contributed by atoms with E-state index >= 15 is 0 Å². The van der Waals surface area contributed by atoms with Gasteiger partial charge in [0.15, 0.2) is 11.5 Å². The second-order valence-electron chi connectivity index (χ2n) is 9.22. The number of Topliss-reactive ketones (excluding diaryl/α,β-unsaturated/α-hetero) is 1. The zero-order chi connectivity index (χ0) is 26.9. The van der Waals surface area contributed by atoms with Gasteiger partial charge in [-0.3, -0.25) is 9.59 Å². The number of amides is 1. The van der Waals surface area contributed by atoms with Gasteiger partial charge in [0.05, 0.1) is 31.9 Å². The number of rotatable bonds is 13. The van der Waals surface area contributed by atoms with E-state index in [1.807, 2.05) is 32.0 Å². The molecule has 1 unspecified atom stereocenters. The van der Waals surface area contributed by atoms with E-state index in [1.165, 1.54) is 4.90 Å².